The number of ether oxygens (including phenoxy) is 1. The number of anilines is 1. The molecule has 1 aliphatic rings. The molecule has 0 radical (unpaired) electrons. The van der Waals surface area contributed by atoms with E-state index in [0.29, 0.717) is 31.9 Å². The Labute approximate surface area is 96.4 Å². The zero-order chi connectivity index (χ0) is 11.5. The molecule has 0 bridgehead atoms. The molecule has 0 amide bonds. The lowest BCUT2D eigenvalue weighted by molar-refractivity contribution is 0.0880. The fourth-order valence-electron chi connectivity index (χ4n) is 1.73. The molecule has 0 aliphatic carbocycles. The standard InChI is InChI=1S/C9H13F2N3OS/c1-15-5-7-12-9(16-13-7)14-3-2-6(4-14)8(10)11/h6,8H,2-5H2,1H3. The molecule has 4 nitrogen and oxygen atoms in total. The first-order chi connectivity index (χ1) is 7.70. The molecule has 7 heteroatoms. The monoisotopic (exact) mass is 249 g/mol. The van der Waals surface area contributed by atoms with Crippen molar-refractivity contribution in [1.82, 2.24) is 9.36 Å². The van der Waals surface area contributed by atoms with Crippen molar-refractivity contribution >= 4 is 16.7 Å². The van der Waals surface area contributed by atoms with Crippen LogP contribution in [0.15, 0.2) is 0 Å². The largest absolute Gasteiger partial charge is 0.377 e. The van der Waals surface area contributed by atoms with Gasteiger partial charge < -0.3 is 9.64 Å². The van der Waals surface area contributed by atoms with Gasteiger partial charge in [0.15, 0.2) is 5.82 Å². The Bertz CT molecular complexity index is 347. The van der Waals surface area contributed by atoms with Gasteiger partial charge in [0, 0.05) is 37.6 Å². The van der Waals surface area contributed by atoms with Crippen LogP contribution in [0.25, 0.3) is 0 Å². The van der Waals surface area contributed by atoms with E-state index < -0.39 is 12.3 Å². The number of rotatable bonds is 4. The summed E-state index contributed by atoms with van der Waals surface area (Å²) in [5.74, 6) is 0.0813. The molecule has 0 spiro atoms. The second kappa shape index (κ2) is 5.01. The van der Waals surface area contributed by atoms with Gasteiger partial charge in [-0.25, -0.2) is 13.8 Å². The van der Waals surface area contributed by atoms with E-state index in [9.17, 15) is 8.78 Å². The van der Waals surface area contributed by atoms with Crippen molar-refractivity contribution < 1.29 is 13.5 Å². The lowest BCUT2D eigenvalue weighted by Gasteiger charge is -2.13. The molecule has 1 saturated heterocycles. The highest BCUT2D eigenvalue weighted by atomic mass is 32.1. The minimum absolute atomic E-state index is 0.364. The SMILES string of the molecule is COCc1nsc(N2CCC(C(F)F)C2)n1. The number of hydrogen-bond acceptors (Lipinski definition) is 5. The van der Waals surface area contributed by atoms with Crippen molar-refractivity contribution in [2.24, 2.45) is 5.92 Å². The molecule has 1 fully saturated rings. The summed E-state index contributed by atoms with van der Waals surface area (Å²) >= 11 is 1.24. The van der Waals surface area contributed by atoms with Crippen molar-refractivity contribution in [2.75, 3.05) is 25.1 Å². The smallest absolute Gasteiger partial charge is 0.243 e. The molecule has 90 valence electrons. The van der Waals surface area contributed by atoms with E-state index >= 15 is 0 Å². The van der Waals surface area contributed by atoms with Gasteiger partial charge in [-0.15, -0.1) is 0 Å². The molecule has 0 aromatic carbocycles. The van der Waals surface area contributed by atoms with E-state index in [2.05, 4.69) is 9.36 Å². The summed E-state index contributed by atoms with van der Waals surface area (Å²) in [6, 6.07) is 0. The predicted molar refractivity (Wildman–Crippen MR) is 56.9 cm³/mol. The van der Waals surface area contributed by atoms with Gasteiger partial charge in [0.2, 0.25) is 11.6 Å². The third-order valence-electron chi connectivity index (χ3n) is 2.58. The van der Waals surface area contributed by atoms with Crippen LogP contribution in [0.1, 0.15) is 12.2 Å². The second-order valence-electron chi connectivity index (χ2n) is 3.76. The molecule has 2 heterocycles. The molecule has 2 rings (SSSR count). The molecule has 1 aromatic heterocycles. The van der Waals surface area contributed by atoms with Gasteiger partial charge in [-0.05, 0) is 6.42 Å². The Morgan fingerprint density at radius 1 is 1.62 bits per heavy atom. The highest BCUT2D eigenvalue weighted by Gasteiger charge is 2.31. The summed E-state index contributed by atoms with van der Waals surface area (Å²) in [6.45, 7) is 1.37. The average Bonchev–Trinajstić information content (AvgIpc) is 2.84. The predicted octanol–water partition coefficient (Wildman–Crippen LogP) is 1.78. The molecule has 0 N–H and O–H groups in total. The van der Waals surface area contributed by atoms with Crippen molar-refractivity contribution in [2.45, 2.75) is 19.5 Å². The highest BCUT2D eigenvalue weighted by Crippen LogP contribution is 2.28. The van der Waals surface area contributed by atoms with E-state index in [-0.39, 0.29) is 0 Å². The first kappa shape index (κ1) is 11.7. The quantitative estimate of drug-likeness (QED) is 0.815. The summed E-state index contributed by atoms with van der Waals surface area (Å²) in [4.78, 5) is 6.11. The lowest BCUT2D eigenvalue weighted by Crippen LogP contribution is -2.21. The maximum absolute atomic E-state index is 12.5. The van der Waals surface area contributed by atoms with Gasteiger partial charge in [-0.1, -0.05) is 0 Å². The Morgan fingerprint density at radius 2 is 2.44 bits per heavy atom. The summed E-state index contributed by atoms with van der Waals surface area (Å²) in [6.07, 6.45) is -1.71. The lowest BCUT2D eigenvalue weighted by atomic mass is 10.1. The third-order valence-corrected chi connectivity index (χ3v) is 3.40. The molecule has 1 atom stereocenters. The van der Waals surface area contributed by atoms with Crippen molar-refractivity contribution in [3.05, 3.63) is 5.82 Å². The Kier molecular flexibility index (Phi) is 3.65. The topological polar surface area (TPSA) is 38.2 Å². The van der Waals surface area contributed by atoms with Crippen LogP contribution in [0.3, 0.4) is 0 Å². The summed E-state index contributed by atoms with van der Waals surface area (Å²) in [7, 11) is 1.57. The maximum Gasteiger partial charge on any atom is 0.243 e. The Morgan fingerprint density at radius 3 is 3.06 bits per heavy atom. The first-order valence-electron chi connectivity index (χ1n) is 5.05. The van der Waals surface area contributed by atoms with E-state index in [1.807, 2.05) is 4.90 Å². The maximum atomic E-state index is 12.5. The van der Waals surface area contributed by atoms with Gasteiger partial charge >= 0.3 is 0 Å². The molecule has 1 aliphatic heterocycles. The zero-order valence-electron chi connectivity index (χ0n) is 8.90. The number of aromatic nitrogens is 2. The summed E-state index contributed by atoms with van der Waals surface area (Å²) in [5.41, 5.74) is 0. The van der Waals surface area contributed by atoms with E-state index in [0.717, 1.165) is 5.13 Å². The van der Waals surface area contributed by atoms with Crippen LogP contribution in [-0.4, -0.2) is 36.0 Å². The molecular weight excluding hydrogens is 236 g/mol. The van der Waals surface area contributed by atoms with Crippen LogP contribution in [0.5, 0.6) is 0 Å². The van der Waals surface area contributed by atoms with Crippen molar-refractivity contribution in [3.63, 3.8) is 0 Å². The fourth-order valence-corrected chi connectivity index (χ4v) is 2.44. The van der Waals surface area contributed by atoms with Crippen LogP contribution < -0.4 is 4.90 Å². The zero-order valence-corrected chi connectivity index (χ0v) is 9.71. The minimum atomic E-state index is -2.24. The average molecular weight is 249 g/mol. The number of nitrogens with zero attached hydrogens (tertiary/aromatic N) is 3. The van der Waals surface area contributed by atoms with Gasteiger partial charge in [0.1, 0.15) is 6.61 Å². The Balaban J connectivity index is 1.97. The molecule has 1 aromatic rings. The highest BCUT2D eigenvalue weighted by molar-refractivity contribution is 7.09. The van der Waals surface area contributed by atoms with Crippen LogP contribution in [0.4, 0.5) is 13.9 Å². The molecular formula is C9H13F2N3OS. The van der Waals surface area contributed by atoms with Crippen LogP contribution >= 0.6 is 11.5 Å². The summed E-state index contributed by atoms with van der Waals surface area (Å²) < 4.78 is 34.0. The van der Waals surface area contributed by atoms with Crippen molar-refractivity contribution in [3.8, 4) is 0 Å². The van der Waals surface area contributed by atoms with Gasteiger partial charge in [-0.2, -0.15) is 4.37 Å². The molecule has 0 saturated carbocycles. The number of alkyl halides is 2. The number of hydrogen-bond donors (Lipinski definition) is 0. The molecule has 16 heavy (non-hydrogen) atoms. The fraction of sp³-hybridized carbons (Fsp3) is 0.778. The minimum Gasteiger partial charge on any atom is -0.377 e. The van der Waals surface area contributed by atoms with Crippen LogP contribution in [0.2, 0.25) is 0 Å². The van der Waals surface area contributed by atoms with E-state index in [1.165, 1.54) is 11.5 Å². The van der Waals surface area contributed by atoms with E-state index in [4.69, 9.17) is 4.74 Å². The first-order valence-corrected chi connectivity index (χ1v) is 5.82. The van der Waals surface area contributed by atoms with Gasteiger partial charge in [0.05, 0.1) is 0 Å². The normalized spacial score (nSPS) is 21.0. The van der Waals surface area contributed by atoms with Crippen LogP contribution in [-0.2, 0) is 11.3 Å². The number of methoxy groups -OCH3 is 1. The summed E-state index contributed by atoms with van der Waals surface area (Å²) in [5, 5.41) is 0.718. The van der Waals surface area contributed by atoms with Gasteiger partial charge in [-0.3, -0.25) is 0 Å². The Hall–Kier alpha value is -0.820. The van der Waals surface area contributed by atoms with E-state index in [1.54, 1.807) is 7.11 Å². The third kappa shape index (κ3) is 2.46. The second-order valence-corrected chi connectivity index (χ2v) is 4.49. The number of halogens is 2. The van der Waals surface area contributed by atoms with Gasteiger partial charge in [0.25, 0.3) is 0 Å². The van der Waals surface area contributed by atoms with Crippen LogP contribution in [0, 0.1) is 5.92 Å². The van der Waals surface area contributed by atoms with Crippen molar-refractivity contribution in [1.29, 1.82) is 0 Å². The molecule has 1 unspecified atom stereocenters.